The molecule has 0 fully saturated rings. The number of carbonyl (C=O) groups is 2. The smallest absolute Gasteiger partial charge is 0.305 e. The molecule has 2 aromatic rings. The standard InChI is InChI=1S/C25H36N2O4/c1-27(2)18-22(17-25(29)30)26-24(28)15-6-4-3-5-9-16-31-19-21-13-10-12-20-11-7-8-14-23(20)21/h7-8,10-14,22H,3-6,9,15-19H2,1-2H3,(H,26,28)(H,29,30). The van der Waals surface area contributed by atoms with Crippen LogP contribution in [0, 0.1) is 0 Å². The van der Waals surface area contributed by atoms with Crippen molar-refractivity contribution >= 4 is 22.6 Å². The van der Waals surface area contributed by atoms with Crippen LogP contribution in [0.1, 0.15) is 50.5 Å². The first-order chi connectivity index (χ1) is 15.0. The second-order valence-electron chi connectivity index (χ2n) is 8.33. The third-order valence-corrected chi connectivity index (χ3v) is 5.20. The van der Waals surface area contributed by atoms with Crippen LogP contribution in [0.5, 0.6) is 0 Å². The molecule has 1 atom stereocenters. The molecule has 2 N–H and O–H groups in total. The highest BCUT2D eigenvalue weighted by molar-refractivity contribution is 5.85. The second-order valence-corrected chi connectivity index (χ2v) is 8.33. The Hall–Kier alpha value is -2.44. The molecular weight excluding hydrogens is 392 g/mol. The van der Waals surface area contributed by atoms with Gasteiger partial charge >= 0.3 is 5.97 Å². The summed E-state index contributed by atoms with van der Waals surface area (Å²) < 4.78 is 5.86. The first-order valence-corrected chi connectivity index (χ1v) is 11.2. The molecule has 0 aliphatic rings. The third kappa shape index (κ3) is 9.94. The van der Waals surface area contributed by atoms with Crippen molar-refractivity contribution in [3.05, 3.63) is 48.0 Å². The number of carboxylic acids is 1. The van der Waals surface area contributed by atoms with E-state index in [0.29, 0.717) is 19.6 Å². The van der Waals surface area contributed by atoms with E-state index in [0.717, 1.165) is 38.7 Å². The molecule has 1 unspecified atom stereocenters. The van der Waals surface area contributed by atoms with Crippen molar-refractivity contribution in [2.45, 2.75) is 57.6 Å². The van der Waals surface area contributed by atoms with E-state index in [9.17, 15) is 9.59 Å². The van der Waals surface area contributed by atoms with Crippen LogP contribution in [-0.2, 0) is 20.9 Å². The Kier molecular flexibility index (Phi) is 11.0. The van der Waals surface area contributed by atoms with Gasteiger partial charge in [0.25, 0.3) is 0 Å². The maximum Gasteiger partial charge on any atom is 0.305 e. The number of nitrogens with one attached hydrogen (secondary N) is 1. The van der Waals surface area contributed by atoms with E-state index in [1.54, 1.807) is 0 Å². The molecule has 0 bridgehead atoms. The lowest BCUT2D eigenvalue weighted by Crippen LogP contribution is -2.42. The topological polar surface area (TPSA) is 78.9 Å². The molecule has 31 heavy (non-hydrogen) atoms. The van der Waals surface area contributed by atoms with Gasteiger partial charge in [-0.15, -0.1) is 0 Å². The molecular formula is C25H36N2O4. The molecule has 2 aromatic carbocycles. The molecule has 0 spiro atoms. The highest BCUT2D eigenvalue weighted by Crippen LogP contribution is 2.19. The predicted molar refractivity (Wildman–Crippen MR) is 124 cm³/mol. The van der Waals surface area contributed by atoms with Gasteiger partial charge in [0.05, 0.1) is 19.1 Å². The minimum absolute atomic E-state index is 0.0529. The fourth-order valence-corrected chi connectivity index (χ4v) is 3.73. The Morgan fingerprint density at radius 1 is 1.00 bits per heavy atom. The lowest BCUT2D eigenvalue weighted by molar-refractivity contribution is -0.137. The summed E-state index contributed by atoms with van der Waals surface area (Å²) in [6.45, 7) is 1.90. The second kappa shape index (κ2) is 13.8. The number of ether oxygens (including phenoxy) is 1. The van der Waals surface area contributed by atoms with Crippen molar-refractivity contribution in [2.75, 3.05) is 27.2 Å². The molecule has 0 aromatic heterocycles. The zero-order valence-electron chi connectivity index (χ0n) is 18.8. The number of fused-ring (bicyclic) bond motifs is 1. The van der Waals surface area contributed by atoms with Crippen LogP contribution in [0.25, 0.3) is 10.8 Å². The molecule has 170 valence electrons. The quantitative estimate of drug-likeness (QED) is 0.415. The summed E-state index contributed by atoms with van der Waals surface area (Å²) in [6.07, 6.45) is 5.38. The molecule has 0 heterocycles. The Bertz CT molecular complexity index is 817. The van der Waals surface area contributed by atoms with E-state index in [4.69, 9.17) is 9.84 Å². The highest BCUT2D eigenvalue weighted by atomic mass is 16.5. The zero-order valence-corrected chi connectivity index (χ0v) is 18.8. The van der Waals surface area contributed by atoms with Crippen LogP contribution in [-0.4, -0.2) is 55.2 Å². The number of hydrogen-bond acceptors (Lipinski definition) is 4. The van der Waals surface area contributed by atoms with Gasteiger partial charge in [0, 0.05) is 19.6 Å². The molecule has 0 radical (unpaired) electrons. The fourth-order valence-electron chi connectivity index (χ4n) is 3.73. The zero-order chi connectivity index (χ0) is 22.5. The first-order valence-electron chi connectivity index (χ1n) is 11.2. The average Bonchev–Trinajstić information content (AvgIpc) is 2.71. The molecule has 0 aliphatic carbocycles. The number of likely N-dealkylation sites (N-methyl/N-ethyl adjacent to an activating group) is 1. The van der Waals surface area contributed by atoms with E-state index in [2.05, 4.69) is 47.8 Å². The van der Waals surface area contributed by atoms with E-state index >= 15 is 0 Å². The summed E-state index contributed by atoms with van der Waals surface area (Å²) >= 11 is 0. The average molecular weight is 429 g/mol. The summed E-state index contributed by atoms with van der Waals surface area (Å²) in [5.41, 5.74) is 1.22. The molecule has 0 saturated carbocycles. The van der Waals surface area contributed by atoms with Gasteiger partial charge in [0.1, 0.15) is 0 Å². The van der Waals surface area contributed by atoms with Crippen molar-refractivity contribution < 1.29 is 19.4 Å². The van der Waals surface area contributed by atoms with Crippen LogP contribution < -0.4 is 5.32 Å². The monoisotopic (exact) mass is 428 g/mol. The Morgan fingerprint density at radius 3 is 2.48 bits per heavy atom. The van der Waals surface area contributed by atoms with Gasteiger partial charge in [-0.3, -0.25) is 9.59 Å². The van der Waals surface area contributed by atoms with Gasteiger partial charge < -0.3 is 20.1 Å². The van der Waals surface area contributed by atoms with Crippen LogP contribution in [0.4, 0.5) is 0 Å². The van der Waals surface area contributed by atoms with Crippen molar-refractivity contribution in [1.29, 1.82) is 0 Å². The van der Waals surface area contributed by atoms with Gasteiger partial charge in [-0.05, 0) is 43.3 Å². The molecule has 1 amide bonds. The van der Waals surface area contributed by atoms with E-state index < -0.39 is 5.97 Å². The van der Waals surface area contributed by atoms with Gasteiger partial charge in [-0.25, -0.2) is 0 Å². The van der Waals surface area contributed by atoms with Gasteiger partial charge in [0.15, 0.2) is 0 Å². The number of carboxylic acid groups (broad SMARTS) is 1. The third-order valence-electron chi connectivity index (χ3n) is 5.20. The van der Waals surface area contributed by atoms with Gasteiger partial charge in [0.2, 0.25) is 5.91 Å². The summed E-state index contributed by atoms with van der Waals surface area (Å²) in [6, 6.07) is 14.3. The number of aliphatic carboxylic acids is 1. The maximum atomic E-state index is 12.1. The lowest BCUT2D eigenvalue weighted by Gasteiger charge is -2.20. The van der Waals surface area contributed by atoms with Crippen molar-refractivity contribution in [3.63, 3.8) is 0 Å². The number of carbonyl (C=O) groups excluding carboxylic acids is 1. The number of amides is 1. The SMILES string of the molecule is CN(C)CC(CC(=O)O)NC(=O)CCCCCCCOCc1cccc2ccccc12. The molecule has 0 aliphatic heterocycles. The number of hydrogen-bond donors (Lipinski definition) is 2. The minimum Gasteiger partial charge on any atom is -0.481 e. The summed E-state index contributed by atoms with van der Waals surface area (Å²) in [5.74, 6) is -0.957. The van der Waals surface area contributed by atoms with Crippen LogP contribution in [0.15, 0.2) is 42.5 Å². The normalized spacial score (nSPS) is 12.2. The first kappa shape index (κ1) is 24.8. The molecule has 0 saturated heterocycles. The minimum atomic E-state index is -0.894. The highest BCUT2D eigenvalue weighted by Gasteiger charge is 2.16. The summed E-state index contributed by atoms with van der Waals surface area (Å²) in [7, 11) is 3.74. The number of rotatable bonds is 15. The van der Waals surface area contributed by atoms with Crippen molar-refractivity contribution in [1.82, 2.24) is 10.2 Å². The van der Waals surface area contributed by atoms with Crippen LogP contribution >= 0.6 is 0 Å². The van der Waals surface area contributed by atoms with E-state index in [1.165, 1.54) is 16.3 Å². The Morgan fingerprint density at radius 2 is 1.71 bits per heavy atom. The largest absolute Gasteiger partial charge is 0.481 e. The van der Waals surface area contributed by atoms with Crippen molar-refractivity contribution in [3.8, 4) is 0 Å². The number of nitrogens with zero attached hydrogens (tertiary/aromatic N) is 1. The molecule has 6 heteroatoms. The molecule has 2 rings (SSSR count). The Labute approximate surface area is 185 Å². The van der Waals surface area contributed by atoms with Crippen LogP contribution in [0.3, 0.4) is 0 Å². The Balaban J connectivity index is 1.53. The van der Waals surface area contributed by atoms with Crippen LogP contribution in [0.2, 0.25) is 0 Å². The lowest BCUT2D eigenvalue weighted by atomic mass is 10.1. The van der Waals surface area contributed by atoms with E-state index in [1.807, 2.05) is 19.0 Å². The fraction of sp³-hybridized carbons (Fsp3) is 0.520. The number of unbranched alkanes of at least 4 members (excludes halogenated alkanes) is 4. The van der Waals surface area contributed by atoms with Crippen molar-refractivity contribution in [2.24, 2.45) is 0 Å². The predicted octanol–water partition coefficient (Wildman–Crippen LogP) is 4.22. The summed E-state index contributed by atoms with van der Waals surface area (Å²) in [5, 5.41) is 14.3. The summed E-state index contributed by atoms with van der Waals surface area (Å²) in [4.78, 5) is 24.9. The maximum absolute atomic E-state index is 12.1. The molecule has 6 nitrogen and oxygen atoms in total. The van der Waals surface area contributed by atoms with Gasteiger partial charge in [-0.1, -0.05) is 61.7 Å². The van der Waals surface area contributed by atoms with E-state index in [-0.39, 0.29) is 18.4 Å². The number of benzene rings is 2. The van der Waals surface area contributed by atoms with Gasteiger partial charge in [-0.2, -0.15) is 0 Å².